The van der Waals surface area contributed by atoms with E-state index in [1.165, 1.54) is 12.1 Å². The average molecular weight is 367 g/mol. The summed E-state index contributed by atoms with van der Waals surface area (Å²) in [6, 6.07) is 13.0. The Labute approximate surface area is 147 Å². The summed E-state index contributed by atoms with van der Waals surface area (Å²) in [6.45, 7) is 3.72. The molecule has 0 aliphatic heterocycles. The van der Waals surface area contributed by atoms with Gasteiger partial charge in [0.15, 0.2) is 0 Å². The van der Waals surface area contributed by atoms with Gasteiger partial charge in [-0.15, -0.1) is 0 Å². The molecule has 0 fully saturated rings. The number of sulfonamides is 1. The third-order valence-corrected chi connectivity index (χ3v) is 5.48. The molecule has 0 saturated heterocycles. The maximum absolute atomic E-state index is 13.0. The van der Waals surface area contributed by atoms with Crippen LogP contribution in [0, 0.1) is 6.92 Å². The van der Waals surface area contributed by atoms with Crippen LogP contribution in [-0.4, -0.2) is 27.4 Å². The van der Waals surface area contributed by atoms with Gasteiger partial charge in [0.2, 0.25) is 5.91 Å². The molecule has 24 heavy (non-hydrogen) atoms. The molecule has 7 heteroatoms. The van der Waals surface area contributed by atoms with E-state index in [0.717, 1.165) is 9.87 Å². The van der Waals surface area contributed by atoms with E-state index < -0.39 is 15.9 Å². The molecule has 0 saturated carbocycles. The number of carbonyl (C=O) groups is 1. The standard InChI is InChI=1S/C17H19ClN2O3S/c1-3-19-17(21)12-20(16-7-5-4-6-15(16)18)24(22,23)14-10-8-13(2)9-11-14/h4-11H,3,12H2,1-2H3,(H,19,21). The molecular weight excluding hydrogens is 348 g/mol. The van der Waals surface area contributed by atoms with Gasteiger partial charge in [0.25, 0.3) is 10.0 Å². The van der Waals surface area contributed by atoms with Crippen LogP contribution in [0.3, 0.4) is 0 Å². The van der Waals surface area contributed by atoms with E-state index >= 15 is 0 Å². The zero-order valence-electron chi connectivity index (χ0n) is 13.5. The summed E-state index contributed by atoms with van der Waals surface area (Å²) in [5.74, 6) is -0.395. The number of hydrogen-bond donors (Lipinski definition) is 1. The van der Waals surface area contributed by atoms with Gasteiger partial charge in [0.1, 0.15) is 6.54 Å². The zero-order valence-corrected chi connectivity index (χ0v) is 15.1. The highest BCUT2D eigenvalue weighted by Crippen LogP contribution is 2.30. The predicted octanol–water partition coefficient (Wildman–Crippen LogP) is 2.98. The largest absolute Gasteiger partial charge is 0.355 e. The van der Waals surface area contributed by atoms with Crippen LogP contribution in [0.25, 0.3) is 0 Å². The summed E-state index contributed by atoms with van der Waals surface area (Å²) in [5, 5.41) is 2.87. The van der Waals surface area contributed by atoms with Crippen LogP contribution in [0.15, 0.2) is 53.4 Å². The van der Waals surface area contributed by atoms with Crippen LogP contribution in [-0.2, 0) is 14.8 Å². The fraction of sp³-hybridized carbons (Fsp3) is 0.235. The first kappa shape index (κ1) is 18.3. The number of likely N-dealkylation sites (N-methyl/N-ethyl adjacent to an activating group) is 1. The number of benzene rings is 2. The summed E-state index contributed by atoms with van der Waals surface area (Å²) in [4.78, 5) is 12.1. The second-order valence-corrected chi connectivity index (χ2v) is 7.50. The Morgan fingerprint density at radius 2 is 1.75 bits per heavy atom. The lowest BCUT2D eigenvalue weighted by Crippen LogP contribution is -2.41. The molecule has 0 atom stereocenters. The molecule has 0 aliphatic rings. The Bertz CT molecular complexity index is 820. The van der Waals surface area contributed by atoms with Crippen molar-refractivity contribution in [2.75, 3.05) is 17.4 Å². The van der Waals surface area contributed by atoms with Gasteiger partial charge in [0.05, 0.1) is 15.6 Å². The van der Waals surface area contributed by atoms with Crippen LogP contribution in [0.5, 0.6) is 0 Å². The Morgan fingerprint density at radius 3 is 2.33 bits per heavy atom. The van der Waals surface area contributed by atoms with Gasteiger partial charge in [-0.25, -0.2) is 8.42 Å². The van der Waals surface area contributed by atoms with Crippen LogP contribution in [0.1, 0.15) is 12.5 Å². The molecule has 2 aromatic carbocycles. The highest BCUT2D eigenvalue weighted by Gasteiger charge is 2.28. The number of nitrogens with zero attached hydrogens (tertiary/aromatic N) is 1. The van der Waals surface area contributed by atoms with Crippen LogP contribution < -0.4 is 9.62 Å². The van der Waals surface area contributed by atoms with Crippen molar-refractivity contribution in [1.29, 1.82) is 0 Å². The number of nitrogens with one attached hydrogen (secondary N) is 1. The quantitative estimate of drug-likeness (QED) is 0.854. The Balaban J connectivity index is 2.50. The van der Waals surface area contributed by atoms with E-state index in [1.54, 1.807) is 43.3 Å². The number of amides is 1. The maximum Gasteiger partial charge on any atom is 0.264 e. The van der Waals surface area contributed by atoms with Crippen molar-refractivity contribution in [3.05, 3.63) is 59.1 Å². The van der Waals surface area contributed by atoms with E-state index in [4.69, 9.17) is 11.6 Å². The summed E-state index contributed by atoms with van der Waals surface area (Å²) >= 11 is 6.16. The molecule has 5 nitrogen and oxygen atoms in total. The van der Waals surface area contributed by atoms with Gasteiger partial charge < -0.3 is 5.32 Å². The second-order valence-electron chi connectivity index (χ2n) is 5.23. The number of hydrogen-bond acceptors (Lipinski definition) is 3. The molecule has 0 bridgehead atoms. The lowest BCUT2D eigenvalue weighted by Gasteiger charge is -2.25. The van der Waals surface area contributed by atoms with Crippen molar-refractivity contribution in [2.24, 2.45) is 0 Å². The highest BCUT2D eigenvalue weighted by molar-refractivity contribution is 7.92. The van der Waals surface area contributed by atoms with Gasteiger partial charge in [-0.1, -0.05) is 41.4 Å². The van der Waals surface area contributed by atoms with Crippen LogP contribution in [0.4, 0.5) is 5.69 Å². The lowest BCUT2D eigenvalue weighted by molar-refractivity contribution is -0.119. The molecule has 128 valence electrons. The first-order valence-corrected chi connectivity index (χ1v) is 9.28. The van der Waals surface area contributed by atoms with Gasteiger partial charge in [0, 0.05) is 6.54 Å². The average Bonchev–Trinajstić information content (AvgIpc) is 2.54. The minimum atomic E-state index is -3.92. The summed E-state index contributed by atoms with van der Waals surface area (Å²) in [5.41, 5.74) is 1.22. The highest BCUT2D eigenvalue weighted by atomic mass is 35.5. The van der Waals surface area contributed by atoms with Crippen molar-refractivity contribution >= 4 is 33.2 Å². The number of rotatable bonds is 6. The number of para-hydroxylation sites is 1. The van der Waals surface area contributed by atoms with Crippen molar-refractivity contribution in [3.63, 3.8) is 0 Å². The SMILES string of the molecule is CCNC(=O)CN(c1ccccc1Cl)S(=O)(=O)c1ccc(C)cc1. The van der Waals surface area contributed by atoms with Crippen LogP contribution >= 0.6 is 11.6 Å². The van der Waals surface area contributed by atoms with Gasteiger partial charge >= 0.3 is 0 Å². The predicted molar refractivity (Wildman–Crippen MR) is 95.8 cm³/mol. The third-order valence-electron chi connectivity index (χ3n) is 3.39. The van der Waals surface area contributed by atoms with Crippen molar-refractivity contribution in [3.8, 4) is 0 Å². The molecular formula is C17H19ClN2O3S. The van der Waals surface area contributed by atoms with Gasteiger partial charge in [-0.2, -0.15) is 0 Å². The van der Waals surface area contributed by atoms with Crippen LogP contribution in [0.2, 0.25) is 5.02 Å². The molecule has 0 aromatic heterocycles. The normalized spacial score (nSPS) is 11.1. The molecule has 0 radical (unpaired) electrons. The summed E-state index contributed by atoms with van der Waals surface area (Å²) in [6.07, 6.45) is 0. The number of carbonyl (C=O) groups excluding carboxylic acids is 1. The van der Waals surface area contributed by atoms with E-state index in [0.29, 0.717) is 6.54 Å². The minimum Gasteiger partial charge on any atom is -0.355 e. The molecule has 0 heterocycles. The third kappa shape index (κ3) is 4.07. The van der Waals surface area contributed by atoms with Crippen molar-refractivity contribution < 1.29 is 13.2 Å². The molecule has 1 N–H and O–H groups in total. The Morgan fingerprint density at radius 1 is 1.12 bits per heavy atom. The smallest absolute Gasteiger partial charge is 0.264 e. The Kier molecular flexibility index (Phi) is 5.85. The molecule has 1 amide bonds. The maximum atomic E-state index is 13.0. The summed E-state index contributed by atoms with van der Waals surface area (Å²) < 4.78 is 27.1. The Hall–Kier alpha value is -2.05. The first-order valence-electron chi connectivity index (χ1n) is 7.47. The topological polar surface area (TPSA) is 66.5 Å². The molecule has 2 aromatic rings. The van der Waals surface area contributed by atoms with E-state index in [9.17, 15) is 13.2 Å². The first-order chi connectivity index (χ1) is 11.4. The van der Waals surface area contributed by atoms with Gasteiger partial charge in [-0.3, -0.25) is 9.10 Å². The fourth-order valence-corrected chi connectivity index (χ4v) is 3.90. The zero-order chi connectivity index (χ0) is 17.7. The molecule has 2 rings (SSSR count). The lowest BCUT2D eigenvalue weighted by atomic mass is 10.2. The number of anilines is 1. The minimum absolute atomic E-state index is 0.109. The van der Waals surface area contributed by atoms with E-state index in [1.807, 2.05) is 6.92 Å². The summed E-state index contributed by atoms with van der Waals surface area (Å²) in [7, 11) is -3.92. The second kappa shape index (κ2) is 7.68. The monoisotopic (exact) mass is 366 g/mol. The van der Waals surface area contributed by atoms with Gasteiger partial charge in [-0.05, 0) is 38.1 Å². The molecule has 0 unspecified atom stereocenters. The number of aryl methyl sites for hydroxylation is 1. The fourth-order valence-electron chi connectivity index (χ4n) is 2.17. The van der Waals surface area contributed by atoms with E-state index in [-0.39, 0.29) is 22.2 Å². The van der Waals surface area contributed by atoms with E-state index in [2.05, 4.69) is 5.32 Å². The number of halogens is 1. The molecule has 0 spiro atoms. The van der Waals surface area contributed by atoms with Crippen molar-refractivity contribution in [2.45, 2.75) is 18.7 Å². The van der Waals surface area contributed by atoms with Crippen molar-refractivity contribution in [1.82, 2.24) is 5.32 Å². The molecule has 0 aliphatic carbocycles.